The van der Waals surface area contributed by atoms with Crippen molar-refractivity contribution in [2.75, 3.05) is 26.3 Å². The topological polar surface area (TPSA) is 47.4 Å². The SMILES string of the molecule is O=C(Cn1c[c]cn1)N1CCOCC1. The standard InChI is InChI=1S/C9H12N3O2/c13-9(8-12-3-1-2-10-12)11-4-6-14-7-5-11/h2-3H,4-8H2. The first-order chi connectivity index (χ1) is 6.86. The molecular weight excluding hydrogens is 182 g/mol. The Labute approximate surface area is 82.3 Å². The van der Waals surface area contributed by atoms with Crippen LogP contribution in [-0.2, 0) is 16.1 Å². The number of aromatic nitrogens is 2. The third-order valence-corrected chi connectivity index (χ3v) is 2.17. The summed E-state index contributed by atoms with van der Waals surface area (Å²) in [6, 6.07) is 2.79. The average molecular weight is 194 g/mol. The van der Waals surface area contributed by atoms with E-state index >= 15 is 0 Å². The second-order valence-corrected chi connectivity index (χ2v) is 3.13. The van der Waals surface area contributed by atoms with Crippen LogP contribution in [0.2, 0.25) is 0 Å². The van der Waals surface area contributed by atoms with Crippen molar-refractivity contribution in [2.45, 2.75) is 6.54 Å². The number of hydrogen-bond donors (Lipinski definition) is 0. The number of morpholine rings is 1. The van der Waals surface area contributed by atoms with E-state index in [1.807, 2.05) is 0 Å². The summed E-state index contributed by atoms with van der Waals surface area (Å²) in [7, 11) is 0. The van der Waals surface area contributed by atoms with E-state index in [0.29, 0.717) is 32.8 Å². The Bertz CT molecular complexity index is 291. The van der Waals surface area contributed by atoms with E-state index in [1.54, 1.807) is 22.0 Å². The molecule has 0 aromatic carbocycles. The lowest BCUT2D eigenvalue weighted by atomic mass is 10.4. The first-order valence-electron chi connectivity index (χ1n) is 4.60. The third-order valence-electron chi connectivity index (χ3n) is 2.17. The van der Waals surface area contributed by atoms with Gasteiger partial charge in [0.1, 0.15) is 6.54 Å². The summed E-state index contributed by atoms with van der Waals surface area (Å²) < 4.78 is 6.74. The zero-order valence-electron chi connectivity index (χ0n) is 7.85. The van der Waals surface area contributed by atoms with Crippen molar-refractivity contribution in [3.63, 3.8) is 0 Å². The minimum Gasteiger partial charge on any atom is -0.378 e. The molecule has 0 aliphatic carbocycles. The van der Waals surface area contributed by atoms with Gasteiger partial charge in [-0.25, -0.2) is 0 Å². The van der Waals surface area contributed by atoms with E-state index in [4.69, 9.17) is 4.74 Å². The maximum Gasteiger partial charge on any atom is 0.244 e. The van der Waals surface area contributed by atoms with E-state index < -0.39 is 0 Å². The summed E-state index contributed by atoms with van der Waals surface area (Å²) in [6.45, 7) is 2.94. The van der Waals surface area contributed by atoms with Crippen molar-refractivity contribution in [1.82, 2.24) is 14.7 Å². The molecule has 14 heavy (non-hydrogen) atoms. The maximum absolute atomic E-state index is 11.7. The normalized spacial score (nSPS) is 17.0. The fourth-order valence-electron chi connectivity index (χ4n) is 1.40. The van der Waals surface area contributed by atoms with Crippen LogP contribution in [0.15, 0.2) is 12.4 Å². The van der Waals surface area contributed by atoms with Crippen molar-refractivity contribution in [3.05, 3.63) is 18.5 Å². The second-order valence-electron chi connectivity index (χ2n) is 3.13. The molecule has 5 nitrogen and oxygen atoms in total. The predicted molar refractivity (Wildman–Crippen MR) is 48.5 cm³/mol. The molecule has 1 aliphatic heterocycles. The van der Waals surface area contributed by atoms with Crippen LogP contribution in [0.4, 0.5) is 0 Å². The van der Waals surface area contributed by atoms with Crippen molar-refractivity contribution < 1.29 is 9.53 Å². The lowest BCUT2D eigenvalue weighted by Crippen LogP contribution is -2.42. The minimum absolute atomic E-state index is 0.0883. The monoisotopic (exact) mass is 194 g/mol. The minimum atomic E-state index is 0.0883. The Hall–Kier alpha value is -1.36. The summed E-state index contributed by atoms with van der Waals surface area (Å²) >= 11 is 0. The molecule has 0 unspecified atom stereocenters. The molecule has 1 radical (unpaired) electrons. The molecule has 2 rings (SSSR count). The molecule has 0 spiro atoms. The van der Waals surface area contributed by atoms with Gasteiger partial charge >= 0.3 is 0 Å². The molecule has 0 N–H and O–H groups in total. The van der Waals surface area contributed by atoms with Gasteiger partial charge in [0.25, 0.3) is 0 Å². The molecule has 1 aromatic heterocycles. The summed E-state index contributed by atoms with van der Waals surface area (Å²) in [6.07, 6.45) is 3.21. The first-order valence-corrected chi connectivity index (χ1v) is 4.60. The highest BCUT2D eigenvalue weighted by Crippen LogP contribution is 1.98. The highest BCUT2D eigenvalue weighted by Gasteiger charge is 2.16. The van der Waals surface area contributed by atoms with Gasteiger partial charge in [0.05, 0.1) is 19.4 Å². The molecule has 1 amide bonds. The van der Waals surface area contributed by atoms with Gasteiger partial charge in [-0.05, 0) is 0 Å². The lowest BCUT2D eigenvalue weighted by Gasteiger charge is -2.26. The highest BCUT2D eigenvalue weighted by atomic mass is 16.5. The number of amides is 1. The van der Waals surface area contributed by atoms with Crippen LogP contribution in [0.3, 0.4) is 0 Å². The Morgan fingerprint density at radius 3 is 2.93 bits per heavy atom. The van der Waals surface area contributed by atoms with Crippen LogP contribution >= 0.6 is 0 Å². The number of hydrogen-bond acceptors (Lipinski definition) is 3. The van der Waals surface area contributed by atoms with Gasteiger partial charge in [-0.2, -0.15) is 5.10 Å². The van der Waals surface area contributed by atoms with E-state index in [0.717, 1.165) is 0 Å². The average Bonchev–Trinajstić information content (AvgIpc) is 2.72. The van der Waals surface area contributed by atoms with E-state index in [9.17, 15) is 4.79 Å². The van der Waals surface area contributed by atoms with E-state index in [-0.39, 0.29) is 5.91 Å². The summed E-state index contributed by atoms with van der Waals surface area (Å²) in [5.41, 5.74) is 0. The lowest BCUT2D eigenvalue weighted by molar-refractivity contribution is -0.136. The van der Waals surface area contributed by atoms with Crippen LogP contribution in [0, 0.1) is 6.07 Å². The van der Waals surface area contributed by atoms with Crippen molar-refractivity contribution in [1.29, 1.82) is 0 Å². The van der Waals surface area contributed by atoms with Crippen molar-refractivity contribution in [2.24, 2.45) is 0 Å². The van der Waals surface area contributed by atoms with Gasteiger partial charge in [0, 0.05) is 25.4 Å². The summed E-state index contributed by atoms with van der Waals surface area (Å²) in [5, 5.41) is 3.93. The molecule has 0 saturated carbocycles. The van der Waals surface area contributed by atoms with E-state index in [1.165, 1.54) is 0 Å². The van der Waals surface area contributed by atoms with Gasteiger partial charge in [0.15, 0.2) is 0 Å². The molecule has 2 heterocycles. The number of carbonyl (C=O) groups excluding carboxylic acids is 1. The van der Waals surface area contributed by atoms with Crippen LogP contribution in [0.5, 0.6) is 0 Å². The molecular formula is C9H12N3O2. The summed E-state index contributed by atoms with van der Waals surface area (Å²) in [4.78, 5) is 13.5. The third kappa shape index (κ3) is 2.11. The molecule has 1 fully saturated rings. The summed E-state index contributed by atoms with van der Waals surface area (Å²) in [5.74, 6) is 0.0883. The number of carbonyl (C=O) groups is 1. The fourth-order valence-corrected chi connectivity index (χ4v) is 1.40. The van der Waals surface area contributed by atoms with Gasteiger partial charge in [0.2, 0.25) is 5.91 Å². The van der Waals surface area contributed by atoms with Crippen molar-refractivity contribution in [3.8, 4) is 0 Å². The predicted octanol–water partition coefficient (Wildman–Crippen LogP) is -0.458. The largest absolute Gasteiger partial charge is 0.378 e. The van der Waals surface area contributed by atoms with Crippen LogP contribution in [-0.4, -0.2) is 46.9 Å². The number of rotatable bonds is 2. The molecule has 1 saturated heterocycles. The Balaban J connectivity index is 1.88. The Kier molecular flexibility index (Phi) is 2.78. The van der Waals surface area contributed by atoms with Crippen LogP contribution in [0.1, 0.15) is 0 Å². The molecule has 1 aromatic rings. The molecule has 0 bridgehead atoms. The van der Waals surface area contributed by atoms with Gasteiger partial charge in [-0.1, -0.05) is 0 Å². The molecule has 1 aliphatic rings. The zero-order chi connectivity index (χ0) is 9.80. The Morgan fingerprint density at radius 1 is 1.50 bits per heavy atom. The first kappa shape index (κ1) is 9.21. The van der Waals surface area contributed by atoms with Gasteiger partial charge < -0.3 is 9.64 Å². The maximum atomic E-state index is 11.7. The molecule has 0 atom stereocenters. The quantitative estimate of drug-likeness (QED) is 0.640. The van der Waals surface area contributed by atoms with E-state index in [2.05, 4.69) is 11.2 Å². The molecule has 75 valence electrons. The van der Waals surface area contributed by atoms with Gasteiger partial charge in [-0.15, -0.1) is 0 Å². The Morgan fingerprint density at radius 2 is 2.29 bits per heavy atom. The number of nitrogens with zero attached hydrogens (tertiary/aromatic N) is 3. The highest BCUT2D eigenvalue weighted by molar-refractivity contribution is 5.75. The van der Waals surface area contributed by atoms with Crippen LogP contribution in [0.25, 0.3) is 0 Å². The fraction of sp³-hybridized carbons (Fsp3) is 0.556. The smallest absolute Gasteiger partial charge is 0.244 e. The second kappa shape index (κ2) is 4.23. The van der Waals surface area contributed by atoms with Gasteiger partial charge in [-0.3, -0.25) is 9.48 Å². The molecule has 5 heteroatoms. The zero-order valence-corrected chi connectivity index (χ0v) is 7.85. The van der Waals surface area contributed by atoms with Crippen molar-refractivity contribution >= 4 is 5.91 Å². The van der Waals surface area contributed by atoms with Crippen LogP contribution < -0.4 is 0 Å². The number of ether oxygens (including phenoxy) is 1.